The van der Waals surface area contributed by atoms with Crippen LogP contribution < -0.4 is 0 Å². The van der Waals surface area contributed by atoms with Gasteiger partial charge in [0.05, 0.1) is 5.69 Å². The van der Waals surface area contributed by atoms with Crippen molar-refractivity contribution in [3.05, 3.63) is 72.6 Å². The first-order chi connectivity index (χ1) is 7.83. The largest absolute Gasteiger partial charge is 0.508 e. The topological polar surface area (TPSA) is 33.1 Å². The number of aromatic hydroxyl groups is 1. The predicted molar refractivity (Wildman–Crippen MR) is 64.4 cm³/mol. The molecule has 0 fully saturated rings. The van der Waals surface area contributed by atoms with E-state index in [4.69, 9.17) is 0 Å². The van der Waals surface area contributed by atoms with Crippen LogP contribution in [0.2, 0.25) is 0 Å². The number of hydrogen-bond donors (Lipinski definition) is 1. The smallest absolute Gasteiger partial charge is 0.119 e. The summed E-state index contributed by atoms with van der Waals surface area (Å²) < 4.78 is 0. The summed E-state index contributed by atoms with van der Waals surface area (Å²) in [4.78, 5) is 4.29. The van der Waals surface area contributed by atoms with Crippen molar-refractivity contribution < 1.29 is 5.11 Å². The van der Waals surface area contributed by atoms with E-state index in [1.807, 2.05) is 30.3 Å². The highest BCUT2D eigenvalue weighted by atomic mass is 16.3. The first kappa shape index (κ1) is 10.4. The monoisotopic (exact) mass is 211 g/mol. The lowest BCUT2D eigenvalue weighted by Gasteiger charge is -2.13. The third kappa shape index (κ3) is 1.96. The molecule has 2 heteroatoms. The van der Waals surface area contributed by atoms with Gasteiger partial charge in [0, 0.05) is 17.7 Å². The zero-order chi connectivity index (χ0) is 11.4. The first-order valence-corrected chi connectivity index (χ1v) is 5.14. The number of phenols is 1. The van der Waals surface area contributed by atoms with Crippen molar-refractivity contribution in [1.29, 1.82) is 0 Å². The lowest BCUT2D eigenvalue weighted by Crippen LogP contribution is -1.99. The van der Waals surface area contributed by atoms with Gasteiger partial charge in [-0.3, -0.25) is 4.98 Å². The fourth-order valence-corrected chi connectivity index (χ4v) is 1.72. The van der Waals surface area contributed by atoms with Gasteiger partial charge in [0.25, 0.3) is 0 Å². The van der Waals surface area contributed by atoms with Crippen LogP contribution in [0, 0.1) is 0 Å². The average molecular weight is 211 g/mol. The second-order valence-corrected chi connectivity index (χ2v) is 3.53. The summed E-state index contributed by atoms with van der Waals surface area (Å²) in [6, 6.07) is 13.0. The lowest BCUT2D eigenvalue weighted by molar-refractivity contribution is 0.467. The Morgan fingerprint density at radius 2 is 1.88 bits per heavy atom. The number of aromatic nitrogens is 1. The van der Waals surface area contributed by atoms with Crippen LogP contribution >= 0.6 is 0 Å². The van der Waals surface area contributed by atoms with Gasteiger partial charge in [0.15, 0.2) is 0 Å². The molecule has 0 bridgehead atoms. The molecule has 2 nitrogen and oxygen atoms in total. The molecule has 0 aliphatic heterocycles. The molecule has 1 aromatic carbocycles. The molecular weight excluding hydrogens is 198 g/mol. The van der Waals surface area contributed by atoms with Crippen LogP contribution in [0.25, 0.3) is 0 Å². The van der Waals surface area contributed by atoms with Crippen molar-refractivity contribution in [2.75, 3.05) is 0 Å². The maximum Gasteiger partial charge on any atom is 0.119 e. The molecule has 1 heterocycles. The van der Waals surface area contributed by atoms with Crippen LogP contribution in [0.1, 0.15) is 17.2 Å². The Balaban J connectivity index is 2.45. The zero-order valence-corrected chi connectivity index (χ0v) is 8.88. The zero-order valence-electron chi connectivity index (χ0n) is 8.88. The fourth-order valence-electron chi connectivity index (χ4n) is 1.72. The van der Waals surface area contributed by atoms with Gasteiger partial charge in [0.2, 0.25) is 0 Å². The van der Waals surface area contributed by atoms with Gasteiger partial charge in [-0.15, -0.1) is 6.58 Å². The van der Waals surface area contributed by atoms with E-state index in [9.17, 15) is 5.11 Å². The van der Waals surface area contributed by atoms with E-state index in [1.54, 1.807) is 24.4 Å². The molecule has 0 radical (unpaired) electrons. The number of benzene rings is 1. The number of allylic oxidation sites excluding steroid dienone is 1. The molecular formula is C14H13NO. The first-order valence-electron chi connectivity index (χ1n) is 5.14. The Morgan fingerprint density at radius 1 is 1.12 bits per heavy atom. The van der Waals surface area contributed by atoms with E-state index in [2.05, 4.69) is 11.6 Å². The average Bonchev–Trinajstić information content (AvgIpc) is 2.34. The number of phenolic OH excluding ortho intramolecular Hbond substituents is 1. The molecule has 0 amide bonds. The van der Waals surface area contributed by atoms with Gasteiger partial charge < -0.3 is 5.11 Å². The second kappa shape index (κ2) is 4.62. The van der Waals surface area contributed by atoms with Gasteiger partial charge in [-0.1, -0.05) is 30.3 Å². The van der Waals surface area contributed by atoms with E-state index in [1.165, 1.54) is 0 Å². The van der Waals surface area contributed by atoms with Crippen LogP contribution in [0.4, 0.5) is 0 Å². The van der Waals surface area contributed by atoms with Crippen molar-refractivity contribution in [1.82, 2.24) is 4.98 Å². The quantitative estimate of drug-likeness (QED) is 0.791. The summed E-state index contributed by atoms with van der Waals surface area (Å²) in [7, 11) is 0. The van der Waals surface area contributed by atoms with E-state index >= 15 is 0 Å². The van der Waals surface area contributed by atoms with E-state index < -0.39 is 0 Å². The van der Waals surface area contributed by atoms with Gasteiger partial charge in [-0.05, 0) is 18.2 Å². The maximum atomic E-state index is 9.80. The second-order valence-electron chi connectivity index (χ2n) is 3.53. The molecule has 1 aromatic heterocycles. The van der Waals surface area contributed by atoms with Crippen LogP contribution in [-0.4, -0.2) is 10.1 Å². The Morgan fingerprint density at radius 3 is 2.50 bits per heavy atom. The van der Waals surface area contributed by atoms with Crippen LogP contribution in [-0.2, 0) is 0 Å². The Labute approximate surface area is 94.9 Å². The third-order valence-corrected chi connectivity index (χ3v) is 2.51. The molecule has 80 valence electrons. The molecule has 0 aliphatic rings. The van der Waals surface area contributed by atoms with Crippen LogP contribution in [0.5, 0.6) is 5.75 Å². The van der Waals surface area contributed by atoms with Crippen LogP contribution in [0.15, 0.2) is 61.3 Å². The molecule has 1 N–H and O–H groups in total. The van der Waals surface area contributed by atoms with Crippen molar-refractivity contribution in [3.63, 3.8) is 0 Å². The summed E-state index contributed by atoms with van der Waals surface area (Å²) >= 11 is 0. The molecule has 0 spiro atoms. The van der Waals surface area contributed by atoms with Gasteiger partial charge >= 0.3 is 0 Å². The Kier molecular flexibility index (Phi) is 3.01. The number of para-hydroxylation sites is 1. The van der Waals surface area contributed by atoms with Crippen molar-refractivity contribution >= 4 is 0 Å². The van der Waals surface area contributed by atoms with Crippen molar-refractivity contribution in [2.45, 2.75) is 5.92 Å². The number of hydrogen-bond acceptors (Lipinski definition) is 2. The van der Waals surface area contributed by atoms with Crippen molar-refractivity contribution in [3.8, 4) is 5.75 Å². The lowest BCUT2D eigenvalue weighted by atomic mass is 9.94. The number of nitrogens with zero attached hydrogens (tertiary/aromatic N) is 1. The normalized spacial score (nSPS) is 12.0. The standard InChI is InChI=1S/C14H13NO/c1-2-11(13-8-5-6-10-15-13)12-7-3-4-9-14(12)16/h2-11,16H,1H2. The summed E-state index contributed by atoms with van der Waals surface area (Å²) in [6.45, 7) is 3.80. The molecule has 1 unspecified atom stereocenters. The highest BCUT2D eigenvalue weighted by Gasteiger charge is 2.14. The highest BCUT2D eigenvalue weighted by molar-refractivity contribution is 5.41. The SMILES string of the molecule is C=CC(c1ccccn1)c1ccccc1O. The Bertz CT molecular complexity index is 479. The highest BCUT2D eigenvalue weighted by Crippen LogP contribution is 2.30. The maximum absolute atomic E-state index is 9.80. The molecule has 0 saturated carbocycles. The van der Waals surface area contributed by atoms with Crippen LogP contribution in [0.3, 0.4) is 0 Å². The Hall–Kier alpha value is -2.09. The summed E-state index contributed by atoms with van der Waals surface area (Å²) in [6.07, 6.45) is 3.53. The minimum Gasteiger partial charge on any atom is -0.508 e. The number of pyridine rings is 1. The molecule has 1 atom stereocenters. The van der Waals surface area contributed by atoms with E-state index in [-0.39, 0.29) is 11.7 Å². The van der Waals surface area contributed by atoms with E-state index in [0.717, 1.165) is 11.3 Å². The van der Waals surface area contributed by atoms with Crippen molar-refractivity contribution in [2.24, 2.45) is 0 Å². The number of rotatable bonds is 3. The molecule has 0 saturated heterocycles. The van der Waals surface area contributed by atoms with E-state index in [0.29, 0.717) is 0 Å². The summed E-state index contributed by atoms with van der Waals surface area (Å²) in [5.74, 6) is 0.209. The predicted octanol–water partition coefficient (Wildman–Crippen LogP) is 3.11. The summed E-state index contributed by atoms with van der Waals surface area (Å²) in [5, 5.41) is 9.80. The minimum atomic E-state index is -0.0672. The summed E-state index contributed by atoms with van der Waals surface area (Å²) in [5.41, 5.74) is 1.72. The molecule has 2 aromatic rings. The molecule has 16 heavy (non-hydrogen) atoms. The minimum absolute atomic E-state index is 0.0672. The molecule has 2 rings (SSSR count). The molecule has 0 aliphatic carbocycles. The fraction of sp³-hybridized carbons (Fsp3) is 0.0714. The van der Waals surface area contributed by atoms with Gasteiger partial charge in [-0.25, -0.2) is 0 Å². The van der Waals surface area contributed by atoms with Gasteiger partial charge in [-0.2, -0.15) is 0 Å². The van der Waals surface area contributed by atoms with Gasteiger partial charge in [0.1, 0.15) is 5.75 Å². The third-order valence-electron chi connectivity index (χ3n) is 2.51.